The van der Waals surface area contributed by atoms with Crippen molar-refractivity contribution in [3.8, 4) is 5.75 Å². The summed E-state index contributed by atoms with van der Waals surface area (Å²) in [6.45, 7) is -2.90. The van der Waals surface area contributed by atoms with Crippen LogP contribution in [-0.2, 0) is 9.53 Å². The van der Waals surface area contributed by atoms with E-state index in [-0.39, 0.29) is 35.6 Å². The molecule has 2 fully saturated rings. The fourth-order valence-corrected chi connectivity index (χ4v) is 3.61. The average molecular weight is 369 g/mol. The smallest absolute Gasteiger partial charge is 0.387 e. The van der Waals surface area contributed by atoms with Gasteiger partial charge < -0.3 is 14.8 Å². The monoisotopic (exact) mass is 369 g/mol. The number of rotatable bonds is 5. The molecule has 1 saturated carbocycles. The highest BCUT2D eigenvalue weighted by atomic mass is 19.3. The number of fused-ring (bicyclic) bond motifs is 1. The molecule has 1 saturated heterocycles. The van der Waals surface area contributed by atoms with Crippen LogP contribution in [-0.4, -0.2) is 43.7 Å². The summed E-state index contributed by atoms with van der Waals surface area (Å²) in [6, 6.07) is 5.19. The van der Waals surface area contributed by atoms with Crippen molar-refractivity contribution in [1.82, 2.24) is 16.2 Å². The van der Waals surface area contributed by atoms with Gasteiger partial charge in [0.15, 0.2) is 0 Å². The first-order valence-corrected chi connectivity index (χ1v) is 8.42. The van der Waals surface area contributed by atoms with Gasteiger partial charge in [0.25, 0.3) is 5.91 Å². The molecule has 142 valence electrons. The molecule has 0 bridgehead atoms. The van der Waals surface area contributed by atoms with Crippen LogP contribution in [0.4, 0.5) is 8.78 Å². The molecule has 4 unspecified atom stereocenters. The average Bonchev–Trinajstić information content (AvgIpc) is 3.04. The van der Waals surface area contributed by atoms with Gasteiger partial charge in [0.1, 0.15) is 11.8 Å². The molecule has 9 heteroatoms. The third-order valence-corrected chi connectivity index (χ3v) is 4.88. The van der Waals surface area contributed by atoms with Crippen LogP contribution < -0.4 is 20.9 Å². The van der Waals surface area contributed by atoms with Crippen LogP contribution >= 0.6 is 0 Å². The molecule has 0 radical (unpaired) electrons. The molecule has 7 nitrogen and oxygen atoms in total. The Morgan fingerprint density at radius 3 is 2.58 bits per heavy atom. The van der Waals surface area contributed by atoms with Crippen molar-refractivity contribution < 1.29 is 27.8 Å². The predicted octanol–water partition coefficient (Wildman–Crippen LogP) is 1.20. The Hall–Kier alpha value is -2.26. The molecule has 1 aliphatic carbocycles. The summed E-state index contributed by atoms with van der Waals surface area (Å²) in [7, 11) is 1.35. The second-order valence-corrected chi connectivity index (χ2v) is 6.45. The van der Waals surface area contributed by atoms with Crippen molar-refractivity contribution in [3.63, 3.8) is 0 Å². The number of carbonyl (C=O) groups is 2. The van der Waals surface area contributed by atoms with Crippen LogP contribution in [0.25, 0.3) is 0 Å². The summed E-state index contributed by atoms with van der Waals surface area (Å²) >= 11 is 0. The van der Waals surface area contributed by atoms with Gasteiger partial charge in [-0.15, -0.1) is 0 Å². The Balaban J connectivity index is 1.58. The Kier molecular flexibility index (Phi) is 5.67. The molecule has 2 aliphatic rings. The zero-order valence-corrected chi connectivity index (χ0v) is 14.2. The molecule has 1 heterocycles. The predicted molar refractivity (Wildman–Crippen MR) is 87.5 cm³/mol. The molecule has 1 aromatic rings. The maximum absolute atomic E-state index is 12.4. The second-order valence-electron chi connectivity index (χ2n) is 6.45. The van der Waals surface area contributed by atoms with Crippen molar-refractivity contribution in [3.05, 3.63) is 29.8 Å². The lowest BCUT2D eigenvalue weighted by Crippen LogP contribution is -2.46. The number of nitrogens with one attached hydrogen (secondary N) is 3. The minimum Gasteiger partial charge on any atom is -0.468 e. The maximum Gasteiger partial charge on any atom is 0.387 e. The van der Waals surface area contributed by atoms with Crippen molar-refractivity contribution in [2.75, 3.05) is 7.11 Å². The summed E-state index contributed by atoms with van der Waals surface area (Å²) in [5.74, 6) is -0.582. The van der Waals surface area contributed by atoms with Crippen molar-refractivity contribution >= 4 is 11.9 Å². The van der Waals surface area contributed by atoms with E-state index in [1.165, 1.54) is 31.4 Å². The summed E-state index contributed by atoms with van der Waals surface area (Å²) in [5.41, 5.74) is 6.44. The van der Waals surface area contributed by atoms with Gasteiger partial charge in [-0.3, -0.25) is 15.0 Å². The van der Waals surface area contributed by atoms with Crippen molar-refractivity contribution in [1.29, 1.82) is 0 Å². The molecular formula is C17H21F2N3O4. The van der Waals surface area contributed by atoms with Gasteiger partial charge in [-0.05, 0) is 43.5 Å². The van der Waals surface area contributed by atoms with E-state index >= 15 is 0 Å². The Morgan fingerprint density at radius 2 is 1.92 bits per heavy atom. The summed E-state index contributed by atoms with van der Waals surface area (Å²) in [4.78, 5) is 24.2. The van der Waals surface area contributed by atoms with Crippen LogP contribution in [0.5, 0.6) is 5.75 Å². The quantitative estimate of drug-likeness (QED) is 0.676. The Morgan fingerprint density at radius 1 is 1.19 bits per heavy atom. The molecule has 3 rings (SSSR count). The molecule has 26 heavy (non-hydrogen) atoms. The van der Waals surface area contributed by atoms with E-state index in [1.54, 1.807) is 0 Å². The van der Waals surface area contributed by atoms with E-state index in [9.17, 15) is 18.4 Å². The number of hydrazine groups is 1. The lowest BCUT2D eigenvalue weighted by molar-refractivity contribution is -0.144. The summed E-state index contributed by atoms with van der Waals surface area (Å²) in [6.07, 6.45) is 2.24. The molecule has 0 spiro atoms. The number of methoxy groups -OCH3 is 1. The van der Waals surface area contributed by atoms with Gasteiger partial charge >= 0.3 is 12.6 Å². The van der Waals surface area contributed by atoms with Crippen molar-refractivity contribution in [2.24, 2.45) is 5.92 Å². The molecule has 1 aromatic carbocycles. The number of carbonyl (C=O) groups excluding carboxylic acids is 2. The van der Waals surface area contributed by atoms with Gasteiger partial charge in [-0.1, -0.05) is 0 Å². The lowest BCUT2D eigenvalue weighted by Gasteiger charge is -2.32. The SMILES string of the molecule is COC(=O)C1NNC2CCC(NC(=O)c3ccc(OC(F)F)cc3)CC21. The number of hydrogen-bond acceptors (Lipinski definition) is 6. The minimum atomic E-state index is -2.90. The maximum atomic E-state index is 12.4. The fourth-order valence-electron chi connectivity index (χ4n) is 3.61. The van der Waals surface area contributed by atoms with Gasteiger partial charge in [0, 0.05) is 23.6 Å². The fraction of sp³-hybridized carbons (Fsp3) is 0.529. The van der Waals surface area contributed by atoms with Crippen molar-refractivity contribution in [2.45, 2.75) is 44.0 Å². The summed E-state index contributed by atoms with van der Waals surface area (Å²) < 4.78 is 33.4. The first kappa shape index (κ1) is 18.5. The van der Waals surface area contributed by atoms with Crippen LogP contribution in [0.15, 0.2) is 24.3 Å². The van der Waals surface area contributed by atoms with Gasteiger partial charge in [-0.25, -0.2) is 5.43 Å². The van der Waals surface area contributed by atoms with E-state index < -0.39 is 12.7 Å². The minimum absolute atomic E-state index is 0.00100. The second kappa shape index (κ2) is 7.96. The normalized spacial score (nSPS) is 27.7. The van der Waals surface area contributed by atoms with E-state index in [0.29, 0.717) is 12.0 Å². The molecule has 0 aromatic heterocycles. The van der Waals surface area contributed by atoms with Gasteiger partial charge in [-0.2, -0.15) is 8.78 Å². The Bertz CT molecular complexity index is 656. The standard InChI is InChI=1S/C17H21F2N3O4/c1-25-16(24)14-12-8-10(4-7-13(12)21-22-14)20-15(23)9-2-5-11(6-3-9)26-17(18)19/h2-3,5-6,10,12-14,17,21-22H,4,7-8H2,1H3,(H,20,23). The molecule has 3 N–H and O–H groups in total. The lowest BCUT2D eigenvalue weighted by atomic mass is 9.79. The number of hydrogen-bond donors (Lipinski definition) is 3. The number of ether oxygens (including phenoxy) is 2. The number of halogens is 2. The molecule has 1 amide bonds. The summed E-state index contributed by atoms with van der Waals surface area (Å²) in [5, 5.41) is 2.95. The van der Waals surface area contributed by atoms with E-state index in [0.717, 1.165) is 12.8 Å². The van der Waals surface area contributed by atoms with Gasteiger partial charge in [0.05, 0.1) is 7.11 Å². The topological polar surface area (TPSA) is 88.7 Å². The number of benzene rings is 1. The van der Waals surface area contributed by atoms with E-state index in [4.69, 9.17) is 4.74 Å². The van der Waals surface area contributed by atoms with E-state index in [1.807, 2.05) is 0 Å². The number of amides is 1. The van der Waals surface area contributed by atoms with Crippen LogP contribution in [0.2, 0.25) is 0 Å². The zero-order valence-electron chi connectivity index (χ0n) is 14.2. The first-order chi connectivity index (χ1) is 12.5. The highest BCUT2D eigenvalue weighted by Crippen LogP contribution is 2.31. The highest BCUT2D eigenvalue weighted by Gasteiger charge is 2.44. The van der Waals surface area contributed by atoms with Crippen LogP contribution in [0.3, 0.4) is 0 Å². The molecule has 4 atom stereocenters. The highest BCUT2D eigenvalue weighted by molar-refractivity contribution is 5.94. The zero-order chi connectivity index (χ0) is 18.7. The first-order valence-electron chi connectivity index (χ1n) is 8.42. The third-order valence-electron chi connectivity index (χ3n) is 4.88. The van der Waals surface area contributed by atoms with Crippen LogP contribution in [0, 0.1) is 5.92 Å². The number of alkyl halides is 2. The largest absolute Gasteiger partial charge is 0.468 e. The van der Waals surface area contributed by atoms with Crippen LogP contribution in [0.1, 0.15) is 29.6 Å². The molecular weight excluding hydrogens is 348 g/mol. The third kappa shape index (κ3) is 4.10. The number of esters is 1. The van der Waals surface area contributed by atoms with E-state index in [2.05, 4.69) is 20.9 Å². The molecule has 1 aliphatic heterocycles. The van der Waals surface area contributed by atoms with Gasteiger partial charge in [0.2, 0.25) is 0 Å². The Labute approximate surface area is 149 Å².